The van der Waals surface area contributed by atoms with E-state index >= 15 is 0 Å². The topological polar surface area (TPSA) is 84.2 Å². The zero-order valence-electron chi connectivity index (χ0n) is 8.66. The maximum Gasteiger partial charge on any atom is 0.256 e. The Morgan fingerprint density at radius 3 is 2.69 bits per heavy atom. The van der Waals surface area contributed by atoms with Gasteiger partial charge < -0.3 is 5.32 Å². The van der Waals surface area contributed by atoms with Crippen LogP contribution >= 0.6 is 11.6 Å². The number of rotatable bonds is 3. The predicted molar refractivity (Wildman–Crippen MR) is 60.7 cm³/mol. The van der Waals surface area contributed by atoms with E-state index in [1.807, 2.05) is 5.43 Å². The number of benzene rings is 1. The molecule has 1 aromatic rings. The first-order valence-electron chi connectivity index (χ1n) is 4.61. The summed E-state index contributed by atoms with van der Waals surface area (Å²) in [5.74, 6) is 4.10. The van der Waals surface area contributed by atoms with Crippen LogP contribution in [-0.2, 0) is 4.79 Å². The summed E-state index contributed by atoms with van der Waals surface area (Å²) in [5, 5.41) is 2.95. The Hall–Kier alpha value is -1.59. The lowest BCUT2D eigenvalue weighted by molar-refractivity contribution is -0.122. The molecule has 0 aliphatic carbocycles. The molecule has 0 heterocycles. The van der Waals surface area contributed by atoms with Gasteiger partial charge in [0.05, 0.1) is 0 Å². The van der Waals surface area contributed by atoms with Gasteiger partial charge in [0.25, 0.3) is 11.8 Å². The molecule has 1 rings (SSSR count). The standard InChI is InChI=1S/C10H12ClN3O2/c1-6(9(15)14-12)13-10(16)7-3-2-4-8(11)5-7/h2-6H,12H2,1H3,(H,13,16)(H,14,15). The van der Waals surface area contributed by atoms with Crippen molar-refractivity contribution in [1.82, 2.24) is 10.7 Å². The van der Waals surface area contributed by atoms with Gasteiger partial charge in [-0.05, 0) is 25.1 Å². The second-order valence-electron chi connectivity index (χ2n) is 3.21. The van der Waals surface area contributed by atoms with E-state index in [2.05, 4.69) is 5.32 Å². The van der Waals surface area contributed by atoms with Crippen LogP contribution in [0.5, 0.6) is 0 Å². The van der Waals surface area contributed by atoms with E-state index in [9.17, 15) is 9.59 Å². The van der Waals surface area contributed by atoms with Crippen molar-refractivity contribution in [1.29, 1.82) is 0 Å². The third-order valence-corrected chi connectivity index (χ3v) is 2.21. The van der Waals surface area contributed by atoms with Crippen LogP contribution in [-0.4, -0.2) is 17.9 Å². The highest BCUT2D eigenvalue weighted by atomic mass is 35.5. The number of hydrazine groups is 1. The Morgan fingerprint density at radius 2 is 2.12 bits per heavy atom. The number of nitrogens with one attached hydrogen (secondary N) is 2. The molecule has 0 saturated heterocycles. The second-order valence-corrected chi connectivity index (χ2v) is 3.65. The number of nitrogens with two attached hydrogens (primary N) is 1. The van der Waals surface area contributed by atoms with Crippen molar-refractivity contribution in [3.8, 4) is 0 Å². The zero-order valence-corrected chi connectivity index (χ0v) is 9.41. The highest BCUT2D eigenvalue weighted by Gasteiger charge is 2.15. The van der Waals surface area contributed by atoms with E-state index < -0.39 is 11.9 Å². The quantitative estimate of drug-likeness (QED) is 0.408. The van der Waals surface area contributed by atoms with E-state index in [0.717, 1.165) is 0 Å². The first-order valence-corrected chi connectivity index (χ1v) is 4.99. The summed E-state index contributed by atoms with van der Waals surface area (Å²) < 4.78 is 0. The first-order chi connectivity index (χ1) is 7.54. The summed E-state index contributed by atoms with van der Waals surface area (Å²) in [5.41, 5.74) is 2.35. The average Bonchev–Trinajstić information content (AvgIpc) is 2.27. The molecule has 16 heavy (non-hydrogen) atoms. The molecule has 0 aromatic heterocycles. The number of carbonyl (C=O) groups is 2. The van der Waals surface area contributed by atoms with Gasteiger partial charge in [0.15, 0.2) is 0 Å². The first kappa shape index (κ1) is 12.5. The third-order valence-electron chi connectivity index (χ3n) is 1.97. The van der Waals surface area contributed by atoms with Crippen LogP contribution in [0.15, 0.2) is 24.3 Å². The fourth-order valence-corrected chi connectivity index (χ4v) is 1.29. The fraction of sp³-hybridized carbons (Fsp3) is 0.200. The normalized spacial score (nSPS) is 11.7. The third kappa shape index (κ3) is 3.22. The van der Waals surface area contributed by atoms with Crippen molar-refractivity contribution in [2.45, 2.75) is 13.0 Å². The van der Waals surface area contributed by atoms with Crippen molar-refractivity contribution in [2.75, 3.05) is 0 Å². The Balaban J connectivity index is 2.69. The van der Waals surface area contributed by atoms with Gasteiger partial charge in [0, 0.05) is 10.6 Å². The molecule has 1 aromatic carbocycles. The molecule has 4 N–H and O–H groups in total. The Bertz CT molecular complexity index is 409. The van der Waals surface area contributed by atoms with Gasteiger partial charge in [0.2, 0.25) is 0 Å². The van der Waals surface area contributed by atoms with E-state index in [0.29, 0.717) is 10.6 Å². The van der Waals surface area contributed by atoms with Gasteiger partial charge in [-0.1, -0.05) is 17.7 Å². The van der Waals surface area contributed by atoms with Crippen LogP contribution in [0.25, 0.3) is 0 Å². The molecule has 2 amide bonds. The Kier molecular flexibility index (Phi) is 4.28. The number of hydrogen-bond acceptors (Lipinski definition) is 3. The maximum absolute atomic E-state index is 11.6. The molecule has 0 radical (unpaired) electrons. The van der Waals surface area contributed by atoms with Crippen molar-refractivity contribution in [3.05, 3.63) is 34.9 Å². The monoisotopic (exact) mass is 241 g/mol. The number of amides is 2. The van der Waals surface area contributed by atoms with Crippen molar-refractivity contribution < 1.29 is 9.59 Å². The van der Waals surface area contributed by atoms with Crippen LogP contribution in [0, 0.1) is 0 Å². The lowest BCUT2D eigenvalue weighted by atomic mass is 10.2. The summed E-state index contributed by atoms with van der Waals surface area (Å²) in [7, 11) is 0. The predicted octanol–water partition coefficient (Wildman–Crippen LogP) is 0.448. The van der Waals surface area contributed by atoms with Gasteiger partial charge in [-0.15, -0.1) is 0 Å². The van der Waals surface area contributed by atoms with E-state index in [4.69, 9.17) is 17.4 Å². The molecule has 1 unspecified atom stereocenters. The molecular formula is C10H12ClN3O2. The molecule has 86 valence electrons. The highest BCUT2D eigenvalue weighted by molar-refractivity contribution is 6.30. The number of halogens is 1. The van der Waals surface area contributed by atoms with Crippen molar-refractivity contribution >= 4 is 23.4 Å². The molecular weight excluding hydrogens is 230 g/mol. The maximum atomic E-state index is 11.6. The van der Waals surface area contributed by atoms with Crippen LogP contribution in [0.1, 0.15) is 17.3 Å². The van der Waals surface area contributed by atoms with E-state index in [1.54, 1.807) is 18.2 Å². The minimum atomic E-state index is -0.698. The van der Waals surface area contributed by atoms with Crippen molar-refractivity contribution in [2.24, 2.45) is 5.84 Å². The smallest absolute Gasteiger partial charge is 0.256 e. The van der Waals surface area contributed by atoms with Crippen molar-refractivity contribution in [3.63, 3.8) is 0 Å². The van der Waals surface area contributed by atoms with Crippen LogP contribution in [0.3, 0.4) is 0 Å². The number of hydrogen-bond donors (Lipinski definition) is 3. The summed E-state index contributed by atoms with van der Waals surface area (Å²) in [6.07, 6.45) is 0. The largest absolute Gasteiger partial charge is 0.340 e. The lowest BCUT2D eigenvalue weighted by Crippen LogP contribution is -2.47. The molecule has 0 fully saturated rings. The van der Waals surface area contributed by atoms with Gasteiger partial charge >= 0.3 is 0 Å². The van der Waals surface area contributed by atoms with Gasteiger partial charge in [-0.3, -0.25) is 15.0 Å². The van der Waals surface area contributed by atoms with Gasteiger partial charge in [-0.2, -0.15) is 0 Å². The summed E-state index contributed by atoms with van der Waals surface area (Å²) in [6, 6.07) is 5.74. The van der Waals surface area contributed by atoms with E-state index in [1.165, 1.54) is 13.0 Å². The summed E-state index contributed by atoms with van der Waals surface area (Å²) >= 11 is 5.74. The van der Waals surface area contributed by atoms with Crippen LogP contribution in [0.4, 0.5) is 0 Å². The molecule has 5 nitrogen and oxygen atoms in total. The Labute approximate surface area is 97.9 Å². The van der Waals surface area contributed by atoms with E-state index in [-0.39, 0.29) is 5.91 Å². The number of carbonyl (C=O) groups excluding carboxylic acids is 2. The molecule has 0 spiro atoms. The van der Waals surface area contributed by atoms with Gasteiger partial charge in [-0.25, -0.2) is 5.84 Å². The zero-order chi connectivity index (χ0) is 12.1. The van der Waals surface area contributed by atoms with Crippen LogP contribution < -0.4 is 16.6 Å². The molecule has 1 atom stereocenters. The minimum absolute atomic E-state index is 0.376. The summed E-state index contributed by atoms with van der Waals surface area (Å²) in [4.78, 5) is 22.7. The molecule has 0 saturated carbocycles. The molecule has 0 aliphatic heterocycles. The molecule has 0 bridgehead atoms. The minimum Gasteiger partial charge on any atom is -0.340 e. The molecule has 6 heteroatoms. The van der Waals surface area contributed by atoms with Gasteiger partial charge in [0.1, 0.15) is 6.04 Å². The van der Waals surface area contributed by atoms with Crippen LogP contribution in [0.2, 0.25) is 5.02 Å². The highest BCUT2D eigenvalue weighted by Crippen LogP contribution is 2.10. The SMILES string of the molecule is CC(NC(=O)c1cccc(Cl)c1)C(=O)NN. The lowest BCUT2D eigenvalue weighted by Gasteiger charge is -2.11. The fourth-order valence-electron chi connectivity index (χ4n) is 1.10. The summed E-state index contributed by atoms with van der Waals surface area (Å²) in [6.45, 7) is 1.53. The molecule has 0 aliphatic rings. The Morgan fingerprint density at radius 1 is 1.44 bits per heavy atom. The average molecular weight is 242 g/mol. The second kappa shape index (κ2) is 5.48.